The van der Waals surface area contributed by atoms with E-state index in [0.29, 0.717) is 22.0 Å². The van der Waals surface area contributed by atoms with E-state index in [4.69, 9.17) is 0 Å². The number of rotatable bonds is 5. The molecule has 1 aromatic carbocycles. The first-order chi connectivity index (χ1) is 11.6. The minimum absolute atomic E-state index is 0.161. The van der Waals surface area contributed by atoms with E-state index in [9.17, 15) is 9.59 Å². The Kier molecular flexibility index (Phi) is 4.71. The Morgan fingerprint density at radius 2 is 1.96 bits per heavy atom. The maximum atomic E-state index is 12.1. The molecule has 122 valence electrons. The number of aromatic nitrogens is 4. The summed E-state index contributed by atoms with van der Waals surface area (Å²) in [4.78, 5) is 23.1. The topological polar surface area (TPSA) is 101 Å². The quantitative estimate of drug-likeness (QED) is 0.686. The number of benzene rings is 1. The van der Waals surface area contributed by atoms with Crippen LogP contribution >= 0.6 is 11.8 Å². The van der Waals surface area contributed by atoms with Gasteiger partial charge in [-0.3, -0.25) is 9.59 Å². The van der Waals surface area contributed by atoms with Crippen LogP contribution in [0.5, 0.6) is 0 Å². The average molecular weight is 342 g/mol. The van der Waals surface area contributed by atoms with Crippen LogP contribution < -0.4 is 10.6 Å². The molecule has 2 amide bonds. The molecule has 0 atom stereocenters. The summed E-state index contributed by atoms with van der Waals surface area (Å²) in [5, 5.41) is 18.1. The largest absolute Gasteiger partial charge is 0.326 e. The molecule has 0 aliphatic heterocycles. The Morgan fingerprint density at radius 3 is 2.75 bits per heavy atom. The van der Waals surface area contributed by atoms with E-state index >= 15 is 0 Å². The molecule has 0 radical (unpaired) electrons. The van der Waals surface area contributed by atoms with Gasteiger partial charge >= 0.3 is 0 Å². The molecule has 9 heteroatoms. The van der Waals surface area contributed by atoms with Crippen LogP contribution in [0.15, 0.2) is 47.8 Å². The van der Waals surface area contributed by atoms with Gasteiger partial charge in [0, 0.05) is 18.3 Å². The second-order valence-corrected chi connectivity index (χ2v) is 5.90. The highest BCUT2D eigenvalue weighted by Crippen LogP contribution is 2.18. The van der Waals surface area contributed by atoms with E-state index in [1.165, 1.54) is 25.0 Å². The maximum Gasteiger partial charge on any atom is 0.234 e. The molecule has 0 saturated heterocycles. The first kappa shape index (κ1) is 15.9. The van der Waals surface area contributed by atoms with Crippen LogP contribution in [0.2, 0.25) is 0 Å². The highest BCUT2D eigenvalue weighted by molar-refractivity contribution is 7.99. The molecule has 3 aromatic rings. The maximum absolute atomic E-state index is 12.1. The number of amides is 2. The number of nitrogens with one attached hydrogen (secondary N) is 2. The fraction of sp³-hybridized carbons (Fsp3) is 0.133. The number of carbonyl (C=O) groups excluding carboxylic acids is 2. The van der Waals surface area contributed by atoms with Gasteiger partial charge in [-0.2, -0.15) is 9.61 Å². The minimum atomic E-state index is -0.163. The Morgan fingerprint density at radius 1 is 1.17 bits per heavy atom. The van der Waals surface area contributed by atoms with Crippen molar-refractivity contribution in [3.63, 3.8) is 0 Å². The lowest BCUT2D eigenvalue weighted by Gasteiger charge is -2.07. The fourth-order valence-electron chi connectivity index (χ4n) is 2.00. The summed E-state index contributed by atoms with van der Waals surface area (Å²) in [6.07, 6.45) is 1.51. The SMILES string of the molecule is CC(=O)Nc1cccc(NC(=O)CSc2ccc3nncn3n2)c1. The summed E-state index contributed by atoms with van der Waals surface area (Å²) in [5.41, 5.74) is 1.90. The average Bonchev–Trinajstić information content (AvgIpc) is 3.00. The number of anilines is 2. The van der Waals surface area contributed by atoms with Crippen molar-refractivity contribution < 1.29 is 9.59 Å². The van der Waals surface area contributed by atoms with Crippen molar-refractivity contribution in [1.82, 2.24) is 19.8 Å². The number of thioether (sulfide) groups is 1. The Hall–Kier alpha value is -2.94. The van der Waals surface area contributed by atoms with Gasteiger partial charge in [-0.15, -0.1) is 10.2 Å². The molecule has 0 fully saturated rings. The Labute approximate surface area is 141 Å². The van der Waals surface area contributed by atoms with Crippen molar-refractivity contribution in [2.24, 2.45) is 0 Å². The van der Waals surface area contributed by atoms with Gasteiger partial charge in [-0.05, 0) is 30.3 Å². The molecule has 2 heterocycles. The van der Waals surface area contributed by atoms with Gasteiger partial charge < -0.3 is 10.6 Å². The second-order valence-electron chi connectivity index (χ2n) is 4.90. The lowest BCUT2D eigenvalue weighted by atomic mass is 10.2. The molecular weight excluding hydrogens is 328 g/mol. The zero-order chi connectivity index (χ0) is 16.9. The van der Waals surface area contributed by atoms with Gasteiger partial charge in [0.25, 0.3) is 0 Å². The van der Waals surface area contributed by atoms with Crippen molar-refractivity contribution in [3.05, 3.63) is 42.7 Å². The third kappa shape index (κ3) is 4.07. The molecule has 0 spiro atoms. The van der Waals surface area contributed by atoms with E-state index in [2.05, 4.69) is 25.9 Å². The van der Waals surface area contributed by atoms with Crippen LogP contribution in [0.1, 0.15) is 6.92 Å². The van der Waals surface area contributed by atoms with Crippen LogP contribution in [-0.4, -0.2) is 37.4 Å². The molecule has 24 heavy (non-hydrogen) atoms. The van der Waals surface area contributed by atoms with Crippen molar-refractivity contribution in [3.8, 4) is 0 Å². The Balaban J connectivity index is 1.58. The normalized spacial score (nSPS) is 10.5. The van der Waals surface area contributed by atoms with E-state index < -0.39 is 0 Å². The van der Waals surface area contributed by atoms with Crippen molar-refractivity contribution >= 4 is 40.6 Å². The van der Waals surface area contributed by atoms with E-state index in [0.717, 1.165) is 0 Å². The van der Waals surface area contributed by atoms with Crippen LogP contribution in [0.4, 0.5) is 11.4 Å². The molecule has 0 aliphatic rings. The fourth-order valence-corrected chi connectivity index (χ4v) is 2.66. The third-order valence-corrected chi connectivity index (χ3v) is 3.88. The van der Waals surface area contributed by atoms with Crippen molar-refractivity contribution in [2.45, 2.75) is 11.9 Å². The summed E-state index contributed by atoms with van der Waals surface area (Å²) < 4.78 is 1.55. The standard InChI is InChI=1S/C15H14N6O2S/c1-10(22)17-11-3-2-4-12(7-11)18-14(23)8-24-15-6-5-13-19-16-9-21(13)20-15/h2-7,9H,8H2,1H3,(H,17,22)(H,18,23). The molecule has 3 rings (SSSR count). The molecule has 0 aliphatic carbocycles. The summed E-state index contributed by atoms with van der Waals surface area (Å²) in [5.74, 6) is -0.111. The molecule has 8 nitrogen and oxygen atoms in total. The summed E-state index contributed by atoms with van der Waals surface area (Å²) in [6.45, 7) is 1.43. The van der Waals surface area contributed by atoms with Gasteiger partial charge in [0.1, 0.15) is 11.4 Å². The molecule has 2 N–H and O–H groups in total. The lowest BCUT2D eigenvalue weighted by Crippen LogP contribution is -2.14. The van der Waals surface area contributed by atoms with Gasteiger partial charge in [-0.25, -0.2) is 0 Å². The van der Waals surface area contributed by atoms with Gasteiger partial charge in [-0.1, -0.05) is 17.8 Å². The summed E-state index contributed by atoms with van der Waals surface area (Å²) >= 11 is 1.31. The highest BCUT2D eigenvalue weighted by Gasteiger charge is 2.07. The van der Waals surface area contributed by atoms with Crippen molar-refractivity contribution in [1.29, 1.82) is 0 Å². The van der Waals surface area contributed by atoms with Gasteiger partial charge in [0.15, 0.2) is 5.65 Å². The van der Waals surface area contributed by atoms with E-state index in [1.54, 1.807) is 40.9 Å². The number of fused-ring (bicyclic) bond motifs is 1. The molecule has 2 aromatic heterocycles. The Bertz CT molecular complexity index is 894. The van der Waals surface area contributed by atoms with Gasteiger partial charge in [0.05, 0.1) is 5.75 Å². The lowest BCUT2D eigenvalue weighted by molar-refractivity contribution is -0.114. The zero-order valence-electron chi connectivity index (χ0n) is 12.8. The zero-order valence-corrected chi connectivity index (χ0v) is 13.6. The third-order valence-electron chi connectivity index (χ3n) is 2.96. The molecular formula is C15H14N6O2S. The predicted octanol–water partition coefficient (Wildman–Crippen LogP) is 1.81. The van der Waals surface area contributed by atoms with Gasteiger partial charge in [0.2, 0.25) is 11.8 Å². The van der Waals surface area contributed by atoms with Crippen LogP contribution in [0.25, 0.3) is 5.65 Å². The number of hydrogen-bond donors (Lipinski definition) is 2. The smallest absolute Gasteiger partial charge is 0.234 e. The van der Waals surface area contributed by atoms with E-state index in [1.807, 2.05) is 0 Å². The first-order valence-electron chi connectivity index (χ1n) is 7.07. The second kappa shape index (κ2) is 7.09. The monoisotopic (exact) mass is 342 g/mol. The summed E-state index contributed by atoms with van der Waals surface area (Å²) in [6, 6.07) is 10.6. The molecule has 0 unspecified atom stereocenters. The number of carbonyl (C=O) groups is 2. The summed E-state index contributed by atoms with van der Waals surface area (Å²) in [7, 11) is 0. The van der Waals surface area contributed by atoms with E-state index in [-0.39, 0.29) is 17.6 Å². The van der Waals surface area contributed by atoms with Crippen molar-refractivity contribution in [2.75, 3.05) is 16.4 Å². The van der Waals surface area contributed by atoms with Crippen LogP contribution in [0, 0.1) is 0 Å². The number of nitrogens with zero attached hydrogens (tertiary/aromatic N) is 4. The van der Waals surface area contributed by atoms with Crippen LogP contribution in [0.3, 0.4) is 0 Å². The molecule has 0 saturated carbocycles. The minimum Gasteiger partial charge on any atom is -0.326 e. The first-order valence-corrected chi connectivity index (χ1v) is 8.06. The van der Waals surface area contributed by atoms with Crippen LogP contribution in [-0.2, 0) is 9.59 Å². The predicted molar refractivity (Wildman–Crippen MR) is 90.9 cm³/mol. The number of hydrogen-bond acceptors (Lipinski definition) is 6. The molecule has 0 bridgehead atoms. The highest BCUT2D eigenvalue weighted by atomic mass is 32.2.